The average molecular weight is 348 g/mol. The first-order valence-electron chi connectivity index (χ1n) is 7.22. The summed E-state index contributed by atoms with van der Waals surface area (Å²) >= 11 is 0. The van der Waals surface area contributed by atoms with Gasteiger partial charge in [-0.2, -0.15) is 17.6 Å². The normalized spacial score (nSPS) is 11.4. The second-order valence-corrected chi connectivity index (χ2v) is 5.35. The minimum absolute atomic E-state index is 0.163. The van der Waals surface area contributed by atoms with Crippen LogP contribution in [0.3, 0.4) is 0 Å². The van der Waals surface area contributed by atoms with Gasteiger partial charge in [0.15, 0.2) is 0 Å². The molecule has 3 rings (SSSR count). The molecule has 1 N–H and O–H groups in total. The molecule has 0 spiro atoms. The zero-order valence-electron chi connectivity index (χ0n) is 13.0. The third-order valence-electron chi connectivity index (χ3n) is 3.34. The van der Waals surface area contributed by atoms with Crippen molar-refractivity contribution in [1.29, 1.82) is 0 Å². The maximum atomic E-state index is 13.0. The third kappa shape index (κ3) is 4.09. The number of anilines is 2. The molecule has 0 saturated heterocycles. The summed E-state index contributed by atoms with van der Waals surface area (Å²) in [5.41, 5.74) is 1.76. The van der Waals surface area contributed by atoms with Gasteiger partial charge in [-0.25, -0.2) is 15.0 Å². The van der Waals surface area contributed by atoms with Crippen LogP contribution in [0.1, 0.15) is 11.3 Å². The number of hydrogen-bond acceptors (Lipinski definition) is 4. The van der Waals surface area contributed by atoms with Crippen molar-refractivity contribution >= 4 is 11.6 Å². The highest BCUT2D eigenvalue weighted by molar-refractivity contribution is 5.70. The van der Waals surface area contributed by atoms with Gasteiger partial charge in [0.2, 0.25) is 11.9 Å². The fraction of sp³-hybridized carbons (Fsp3) is 0.118. The molecule has 0 aliphatic heterocycles. The number of aromatic nitrogens is 3. The Kier molecular flexibility index (Phi) is 4.35. The summed E-state index contributed by atoms with van der Waals surface area (Å²) in [6.45, 7) is 1.83. The number of nitrogens with zero attached hydrogens (tertiary/aromatic N) is 3. The number of halogens is 4. The van der Waals surface area contributed by atoms with Crippen LogP contribution in [0, 0.1) is 12.9 Å². The van der Waals surface area contributed by atoms with Crippen molar-refractivity contribution in [2.45, 2.75) is 13.1 Å². The Balaban J connectivity index is 1.92. The molecular weight excluding hydrogens is 336 g/mol. The molecule has 2 heterocycles. The van der Waals surface area contributed by atoms with Crippen LogP contribution in [0.2, 0.25) is 0 Å². The molecule has 0 aliphatic carbocycles. The molecule has 0 saturated carbocycles. The van der Waals surface area contributed by atoms with E-state index in [0.29, 0.717) is 11.3 Å². The van der Waals surface area contributed by atoms with E-state index in [1.807, 2.05) is 13.0 Å². The molecule has 128 valence electrons. The van der Waals surface area contributed by atoms with Gasteiger partial charge in [-0.3, -0.25) is 0 Å². The number of pyridine rings is 1. The SMILES string of the molecule is Cc1cc(Nc2nccc(C(F)(F)F)n2)cc(-c2ccc(F)nc2)c1. The molecule has 3 aromatic rings. The molecule has 4 nitrogen and oxygen atoms in total. The van der Waals surface area contributed by atoms with Crippen molar-refractivity contribution < 1.29 is 17.6 Å². The highest BCUT2D eigenvalue weighted by Gasteiger charge is 2.32. The Labute approximate surface area is 140 Å². The summed E-state index contributed by atoms with van der Waals surface area (Å²) in [6, 6.07) is 8.90. The smallest absolute Gasteiger partial charge is 0.324 e. The van der Waals surface area contributed by atoms with E-state index in [9.17, 15) is 17.6 Å². The lowest BCUT2D eigenvalue weighted by molar-refractivity contribution is -0.141. The molecule has 1 aromatic carbocycles. The average Bonchev–Trinajstić information content (AvgIpc) is 2.54. The lowest BCUT2D eigenvalue weighted by Gasteiger charge is -2.11. The lowest BCUT2D eigenvalue weighted by Crippen LogP contribution is -2.10. The second-order valence-electron chi connectivity index (χ2n) is 5.35. The summed E-state index contributed by atoms with van der Waals surface area (Å²) in [7, 11) is 0. The standard InChI is InChI=1S/C17H12F4N4/c1-10-6-12(11-2-3-15(18)23-9-11)8-13(7-10)24-16-22-5-4-14(25-16)17(19,20)21/h2-9H,1H3,(H,22,24,25). The van der Waals surface area contributed by atoms with Gasteiger partial charge in [0, 0.05) is 23.6 Å². The van der Waals surface area contributed by atoms with E-state index in [-0.39, 0.29) is 5.95 Å². The van der Waals surface area contributed by atoms with Crippen LogP contribution < -0.4 is 5.32 Å². The molecule has 0 bridgehead atoms. The van der Waals surface area contributed by atoms with Crippen molar-refractivity contribution in [3.63, 3.8) is 0 Å². The first kappa shape index (κ1) is 16.8. The Hall–Kier alpha value is -3.03. The van der Waals surface area contributed by atoms with Crippen LogP contribution in [0.25, 0.3) is 11.1 Å². The van der Waals surface area contributed by atoms with Crippen molar-refractivity contribution in [3.8, 4) is 11.1 Å². The summed E-state index contributed by atoms with van der Waals surface area (Å²) in [5.74, 6) is -0.754. The van der Waals surface area contributed by atoms with Crippen LogP contribution >= 0.6 is 0 Å². The molecule has 0 aliphatic rings. The summed E-state index contributed by atoms with van der Waals surface area (Å²) < 4.78 is 51.2. The van der Waals surface area contributed by atoms with Crippen LogP contribution in [-0.4, -0.2) is 15.0 Å². The maximum Gasteiger partial charge on any atom is 0.433 e. The van der Waals surface area contributed by atoms with E-state index in [1.54, 1.807) is 18.2 Å². The maximum absolute atomic E-state index is 13.0. The Morgan fingerprint density at radius 1 is 0.960 bits per heavy atom. The molecule has 0 atom stereocenters. The first-order valence-corrected chi connectivity index (χ1v) is 7.22. The number of alkyl halides is 3. The lowest BCUT2D eigenvalue weighted by atomic mass is 10.0. The zero-order valence-corrected chi connectivity index (χ0v) is 13.0. The van der Waals surface area contributed by atoms with E-state index in [1.165, 1.54) is 12.3 Å². The molecule has 0 radical (unpaired) electrons. The van der Waals surface area contributed by atoms with Crippen molar-refractivity contribution in [1.82, 2.24) is 15.0 Å². The van der Waals surface area contributed by atoms with Gasteiger partial charge in [-0.05, 0) is 48.4 Å². The highest BCUT2D eigenvalue weighted by atomic mass is 19.4. The summed E-state index contributed by atoms with van der Waals surface area (Å²) in [6.07, 6.45) is -2.12. The van der Waals surface area contributed by atoms with Gasteiger partial charge in [-0.1, -0.05) is 6.07 Å². The predicted octanol–water partition coefficient (Wildman–Crippen LogP) is 4.75. The number of nitrogens with one attached hydrogen (secondary N) is 1. The summed E-state index contributed by atoms with van der Waals surface area (Å²) in [5, 5.41) is 2.76. The summed E-state index contributed by atoms with van der Waals surface area (Å²) in [4.78, 5) is 10.9. The molecular formula is C17H12F4N4. The predicted molar refractivity (Wildman–Crippen MR) is 84.7 cm³/mol. The highest BCUT2D eigenvalue weighted by Crippen LogP contribution is 2.29. The molecule has 0 amide bonds. The number of hydrogen-bond donors (Lipinski definition) is 1. The zero-order chi connectivity index (χ0) is 18.0. The van der Waals surface area contributed by atoms with Crippen molar-refractivity contribution in [3.05, 3.63) is 66.0 Å². The van der Waals surface area contributed by atoms with Crippen LogP contribution in [-0.2, 0) is 6.18 Å². The van der Waals surface area contributed by atoms with Crippen LogP contribution in [0.5, 0.6) is 0 Å². The van der Waals surface area contributed by atoms with E-state index in [4.69, 9.17) is 0 Å². The van der Waals surface area contributed by atoms with Gasteiger partial charge in [0.25, 0.3) is 0 Å². The van der Waals surface area contributed by atoms with Gasteiger partial charge in [-0.15, -0.1) is 0 Å². The van der Waals surface area contributed by atoms with Gasteiger partial charge in [0.1, 0.15) is 5.69 Å². The molecule has 0 fully saturated rings. The topological polar surface area (TPSA) is 50.7 Å². The Morgan fingerprint density at radius 3 is 2.44 bits per heavy atom. The number of rotatable bonds is 3. The minimum atomic E-state index is -4.54. The Bertz CT molecular complexity index is 892. The third-order valence-corrected chi connectivity index (χ3v) is 3.34. The fourth-order valence-corrected chi connectivity index (χ4v) is 2.27. The minimum Gasteiger partial charge on any atom is -0.324 e. The quantitative estimate of drug-likeness (QED) is 0.548. The Morgan fingerprint density at radius 2 is 1.76 bits per heavy atom. The van der Waals surface area contributed by atoms with Crippen molar-refractivity contribution in [2.24, 2.45) is 0 Å². The monoisotopic (exact) mass is 348 g/mol. The van der Waals surface area contributed by atoms with E-state index >= 15 is 0 Å². The molecule has 2 aromatic heterocycles. The fourth-order valence-electron chi connectivity index (χ4n) is 2.27. The van der Waals surface area contributed by atoms with Crippen LogP contribution in [0.15, 0.2) is 48.8 Å². The van der Waals surface area contributed by atoms with E-state index in [2.05, 4.69) is 20.3 Å². The van der Waals surface area contributed by atoms with Gasteiger partial charge >= 0.3 is 6.18 Å². The first-order chi connectivity index (χ1) is 11.8. The van der Waals surface area contributed by atoms with E-state index < -0.39 is 17.8 Å². The second kappa shape index (κ2) is 6.46. The van der Waals surface area contributed by atoms with Gasteiger partial charge in [0.05, 0.1) is 0 Å². The molecule has 25 heavy (non-hydrogen) atoms. The van der Waals surface area contributed by atoms with Crippen LogP contribution in [0.4, 0.5) is 29.2 Å². The van der Waals surface area contributed by atoms with E-state index in [0.717, 1.165) is 23.4 Å². The van der Waals surface area contributed by atoms with Gasteiger partial charge < -0.3 is 5.32 Å². The largest absolute Gasteiger partial charge is 0.433 e. The number of aryl methyl sites for hydroxylation is 1. The molecule has 0 unspecified atom stereocenters. The number of benzene rings is 1. The van der Waals surface area contributed by atoms with Crippen molar-refractivity contribution in [2.75, 3.05) is 5.32 Å². The molecule has 8 heteroatoms.